The molecule has 0 radical (unpaired) electrons. The number of carbonyl (C=O) groups excluding carboxylic acids is 1. The third kappa shape index (κ3) is 3.53. The van der Waals surface area contributed by atoms with E-state index in [-0.39, 0.29) is 11.9 Å². The molecule has 1 aliphatic heterocycles. The maximum absolute atomic E-state index is 12.3. The predicted molar refractivity (Wildman–Crippen MR) is 72.8 cm³/mol. The second kappa shape index (κ2) is 6.14. The third-order valence-electron chi connectivity index (χ3n) is 3.60. The van der Waals surface area contributed by atoms with E-state index in [1.807, 2.05) is 7.05 Å². The second-order valence-electron chi connectivity index (χ2n) is 5.61. The molecule has 0 aromatic carbocycles. The highest BCUT2D eigenvalue weighted by Crippen LogP contribution is 2.10. The molecule has 1 fully saturated rings. The largest absolute Gasteiger partial charge is 0.336 e. The van der Waals surface area contributed by atoms with Crippen molar-refractivity contribution >= 4 is 5.91 Å². The van der Waals surface area contributed by atoms with E-state index in [0.717, 1.165) is 32.5 Å². The highest BCUT2D eigenvalue weighted by molar-refractivity contribution is 5.92. The molecule has 19 heavy (non-hydrogen) atoms. The molecular weight excluding hydrogens is 242 g/mol. The van der Waals surface area contributed by atoms with Crippen LogP contribution in [0.1, 0.15) is 37.2 Å². The number of nitrogens with zero attached hydrogens (tertiary/aromatic N) is 4. The fourth-order valence-corrected chi connectivity index (χ4v) is 2.21. The molecule has 1 saturated heterocycles. The summed E-state index contributed by atoms with van der Waals surface area (Å²) in [7, 11) is 1.84. The molecule has 0 spiro atoms. The van der Waals surface area contributed by atoms with Gasteiger partial charge in [0.15, 0.2) is 5.69 Å². The van der Waals surface area contributed by atoms with Crippen molar-refractivity contribution in [2.45, 2.75) is 39.3 Å². The van der Waals surface area contributed by atoms with Crippen LogP contribution in [-0.4, -0.2) is 52.0 Å². The van der Waals surface area contributed by atoms with E-state index in [1.54, 1.807) is 15.8 Å². The maximum Gasteiger partial charge on any atom is 0.276 e. The van der Waals surface area contributed by atoms with Crippen LogP contribution >= 0.6 is 0 Å². The number of amides is 1. The van der Waals surface area contributed by atoms with Gasteiger partial charge in [0.2, 0.25) is 0 Å². The highest BCUT2D eigenvalue weighted by atomic mass is 16.2. The number of hydrogen-bond acceptors (Lipinski definition) is 4. The lowest BCUT2D eigenvalue weighted by Crippen LogP contribution is -2.38. The third-order valence-corrected chi connectivity index (χ3v) is 3.60. The Morgan fingerprint density at radius 1 is 1.63 bits per heavy atom. The van der Waals surface area contributed by atoms with Crippen LogP contribution in [0.3, 0.4) is 0 Å². The molecule has 2 rings (SSSR count). The monoisotopic (exact) mass is 265 g/mol. The normalized spacial score (nSPS) is 19.1. The van der Waals surface area contributed by atoms with E-state index in [4.69, 9.17) is 0 Å². The zero-order chi connectivity index (χ0) is 13.8. The van der Waals surface area contributed by atoms with Crippen molar-refractivity contribution in [3.63, 3.8) is 0 Å². The Hall–Kier alpha value is -1.43. The van der Waals surface area contributed by atoms with Gasteiger partial charge in [-0.05, 0) is 25.3 Å². The first-order valence-electron chi connectivity index (χ1n) is 6.96. The lowest BCUT2D eigenvalue weighted by molar-refractivity contribution is 0.0737. The van der Waals surface area contributed by atoms with Gasteiger partial charge in [0.1, 0.15) is 0 Å². The van der Waals surface area contributed by atoms with Gasteiger partial charge in [-0.25, -0.2) is 0 Å². The summed E-state index contributed by atoms with van der Waals surface area (Å²) in [5.41, 5.74) is 0.443. The first-order chi connectivity index (χ1) is 9.08. The molecule has 6 heteroatoms. The Labute approximate surface area is 114 Å². The predicted octanol–water partition coefficient (Wildman–Crippen LogP) is 0.758. The van der Waals surface area contributed by atoms with Crippen LogP contribution in [0, 0.1) is 5.92 Å². The van der Waals surface area contributed by atoms with Gasteiger partial charge in [-0.2, -0.15) is 0 Å². The summed E-state index contributed by atoms with van der Waals surface area (Å²) >= 11 is 0. The average Bonchev–Trinajstić information content (AvgIpc) is 3.05. The molecule has 1 N–H and O–H groups in total. The lowest BCUT2D eigenvalue weighted by Gasteiger charge is -2.22. The smallest absolute Gasteiger partial charge is 0.276 e. The van der Waals surface area contributed by atoms with E-state index >= 15 is 0 Å². The molecule has 106 valence electrons. The number of aromatic nitrogens is 3. The van der Waals surface area contributed by atoms with Crippen molar-refractivity contribution in [2.75, 3.05) is 20.1 Å². The van der Waals surface area contributed by atoms with E-state index in [2.05, 4.69) is 29.5 Å². The van der Waals surface area contributed by atoms with Crippen molar-refractivity contribution in [1.29, 1.82) is 0 Å². The molecule has 0 saturated carbocycles. The van der Waals surface area contributed by atoms with Crippen molar-refractivity contribution in [2.24, 2.45) is 5.92 Å². The molecule has 2 heterocycles. The molecule has 1 unspecified atom stereocenters. The van der Waals surface area contributed by atoms with E-state index in [9.17, 15) is 4.79 Å². The van der Waals surface area contributed by atoms with Crippen LogP contribution in [-0.2, 0) is 6.54 Å². The summed E-state index contributed by atoms with van der Waals surface area (Å²) in [6, 6.07) is 0.272. The summed E-state index contributed by atoms with van der Waals surface area (Å²) in [6.07, 6.45) is 3.80. The van der Waals surface area contributed by atoms with Gasteiger partial charge < -0.3 is 10.2 Å². The number of rotatable bonds is 5. The van der Waals surface area contributed by atoms with Crippen LogP contribution in [0.5, 0.6) is 0 Å². The lowest BCUT2D eigenvalue weighted by atomic mass is 10.1. The number of likely N-dealkylation sites (N-methyl/N-ethyl adjacent to an activating group) is 1. The Morgan fingerprint density at radius 2 is 2.42 bits per heavy atom. The Bertz CT molecular complexity index is 422. The molecule has 1 amide bonds. The molecule has 1 aliphatic rings. The minimum atomic E-state index is -0.0375. The van der Waals surface area contributed by atoms with E-state index in [0.29, 0.717) is 11.6 Å². The number of hydrogen-bond donors (Lipinski definition) is 1. The number of aryl methyl sites for hydroxylation is 1. The summed E-state index contributed by atoms with van der Waals surface area (Å²) in [5.74, 6) is 0.583. The molecule has 1 aromatic heterocycles. The van der Waals surface area contributed by atoms with Crippen LogP contribution in [0.15, 0.2) is 6.20 Å². The zero-order valence-electron chi connectivity index (χ0n) is 12.0. The molecule has 0 bridgehead atoms. The summed E-state index contributed by atoms with van der Waals surface area (Å²) in [4.78, 5) is 14.0. The van der Waals surface area contributed by atoms with Crippen molar-refractivity contribution < 1.29 is 4.79 Å². The van der Waals surface area contributed by atoms with E-state index in [1.165, 1.54) is 0 Å². The van der Waals surface area contributed by atoms with Crippen molar-refractivity contribution in [3.05, 3.63) is 11.9 Å². The summed E-state index contributed by atoms with van der Waals surface area (Å²) < 4.78 is 1.76. The van der Waals surface area contributed by atoms with Gasteiger partial charge in [0.25, 0.3) is 5.91 Å². The molecule has 0 aliphatic carbocycles. The minimum absolute atomic E-state index is 0.0375. The Kier molecular flexibility index (Phi) is 4.52. The first kappa shape index (κ1) is 14.0. The van der Waals surface area contributed by atoms with Crippen LogP contribution in [0.25, 0.3) is 0 Å². The minimum Gasteiger partial charge on any atom is -0.336 e. The van der Waals surface area contributed by atoms with Gasteiger partial charge in [-0.15, -0.1) is 5.10 Å². The van der Waals surface area contributed by atoms with Crippen LogP contribution < -0.4 is 5.32 Å². The molecule has 1 aromatic rings. The SMILES string of the molecule is CC(C)CCn1cc(C(=O)N(C)C2CCNC2)nn1. The number of nitrogens with one attached hydrogen (secondary N) is 1. The van der Waals surface area contributed by atoms with Crippen LogP contribution in [0.2, 0.25) is 0 Å². The quantitative estimate of drug-likeness (QED) is 0.853. The van der Waals surface area contributed by atoms with Gasteiger partial charge >= 0.3 is 0 Å². The second-order valence-corrected chi connectivity index (χ2v) is 5.61. The molecule has 6 nitrogen and oxygen atoms in total. The van der Waals surface area contributed by atoms with Gasteiger partial charge in [0, 0.05) is 26.2 Å². The standard InChI is InChI=1S/C13H23N5O/c1-10(2)5-7-18-9-12(15-16-18)13(19)17(3)11-4-6-14-8-11/h9-11,14H,4-8H2,1-3H3. The van der Waals surface area contributed by atoms with Gasteiger partial charge in [-0.1, -0.05) is 19.1 Å². The summed E-state index contributed by atoms with van der Waals surface area (Å²) in [6.45, 7) is 6.99. The highest BCUT2D eigenvalue weighted by Gasteiger charge is 2.25. The van der Waals surface area contributed by atoms with Gasteiger partial charge in [-0.3, -0.25) is 9.48 Å². The van der Waals surface area contributed by atoms with E-state index < -0.39 is 0 Å². The Morgan fingerprint density at radius 3 is 3.05 bits per heavy atom. The van der Waals surface area contributed by atoms with Crippen molar-refractivity contribution in [3.8, 4) is 0 Å². The summed E-state index contributed by atoms with van der Waals surface area (Å²) in [5, 5.41) is 11.3. The first-order valence-corrected chi connectivity index (χ1v) is 6.96. The topological polar surface area (TPSA) is 63.1 Å². The number of carbonyl (C=O) groups is 1. The van der Waals surface area contributed by atoms with Crippen molar-refractivity contribution in [1.82, 2.24) is 25.2 Å². The molecule has 1 atom stereocenters. The fourth-order valence-electron chi connectivity index (χ4n) is 2.21. The average molecular weight is 265 g/mol. The maximum atomic E-state index is 12.3. The fraction of sp³-hybridized carbons (Fsp3) is 0.769. The van der Waals surface area contributed by atoms with Crippen LogP contribution in [0.4, 0.5) is 0 Å². The molecular formula is C13H23N5O. The van der Waals surface area contributed by atoms with Gasteiger partial charge in [0.05, 0.1) is 6.20 Å². The Balaban J connectivity index is 1.95. The zero-order valence-corrected chi connectivity index (χ0v) is 12.0.